The second kappa shape index (κ2) is 12.2. The van der Waals surface area contributed by atoms with Crippen molar-refractivity contribution in [2.45, 2.75) is 50.4 Å². The molecule has 1 saturated carbocycles. The monoisotopic (exact) mass is 626 g/mol. The Morgan fingerprint density at radius 2 is 1.53 bits per heavy atom. The van der Waals surface area contributed by atoms with Gasteiger partial charge in [-0.3, -0.25) is 9.69 Å². The Labute approximate surface area is 240 Å². The van der Waals surface area contributed by atoms with Crippen molar-refractivity contribution in [2.75, 3.05) is 31.7 Å². The maximum absolute atomic E-state index is 13.7. The molecular weight excluding hydrogens is 599 g/mol. The smallest absolute Gasteiger partial charge is 0.416 e. The van der Waals surface area contributed by atoms with E-state index in [0.717, 1.165) is 37.0 Å². The quantitative estimate of drug-likeness (QED) is 0.214. The normalized spacial score (nSPS) is 18.1. The highest BCUT2D eigenvalue weighted by Gasteiger charge is 2.41. The summed E-state index contributed by atoms with van der Waals surface area (Å²) in [4.78, 5) is 26.3. The maximum Gasteiger partial charge on any atom is 0.416 e. The zero-order chi connectivity index (χ0) is 31.7. The van der Waals surface area contributed by atoms with Gasteiger partial charge >= 0.3 is 24.6 Å². The van der Waals surface area contributed by atoms with Crippen molar-refractivity contribution in [1.82, 2.24) is 4.90 Å². The average molecular weight is 627 g/mol. The summed E-state index contributed by atoms with van der Waals surface area (Å²) in [5.74, 6) is 0.116. The fraction of sp³-hybridized carbons (Fsp3) is 0.500. The Kier molecular flexibility index (Phi) is 9.12. The van der Waals surface area contributed by atoms with Gasteiger partial charge in [0.2, 0.25) is 0 Å². The number of amides is 1. The van der Waals surface area contributed by atoms with Gasteiger partial charge in [-0.15, -0.1) is 0 Å². The second-order valence-electron chi connectivity index (χ2n) is 10.6. The number of hydrogen-bond acceptors (Lipinski definition) is 5. The number of fused-ring (bicyclic) bond motifs is 1. The summed E-state index contributed by atoms with van der Waals surface area (Å²) in [7, 11) is 0.943. The SMILES string of the molecule is COC(=O)N(Cc1cc(C(F)(F)F)cc(C(F)(F)F)c1)C1CCN(CC(COC=O)C2CC2)c2ccc(C(F)(F)F)cc21. The summed E-state index contributed by atoms with van der Waals surface area (Å²) in [5.41, 5.74) is -4.48. The van der Waals surface area contributed by atoms with Crippen molar-refractivity contribution in [2.24, 2.45) is 11.8 Å². The van der Waals surface area contributed by atoms with E-state index in [0.29, 0.717) is 30.8 Å². The molecule has 43 heavy (non-hydrogen) atoms. The van der Waals surface area contributed by atoms with E-state index < -0.39 is 59.5 Å². The topological polar surface area (TPSA) is 59.1 Å². The Morgan fingerprint density at radius 1 is 0.930 bits per heavy atom. The molecule has 1 heterocycles. The van der Waals surface area contributed by atoms with Crippen molar-refractivity contribution >= 4 is 18.3 Å². The van der Waals surface area contributed by atoms with E-state index in [4.69, 9.17) is 9.47 Å². The van der Waals surface area contributed by atoms with Gasteiger partial charge < -0.3 is 14.4 Å². The number of anilines is 1. The summed E-state index contributed by atoms with van der Waals surface area (Å²) in [6.45, 7) is 0.0757. The van der Waals surface area contributed by atoms with Gasteiger partial charge in [-0.2, -0.15) is 39.5 Å². The van der Waals surface area contributed by atoms with Crippen LogP contribution in [0.5, 0.6) is 0 Å². The first-order valence-electron chi connectivity index (χ1n) is 13.2. The Morgan fingerprint density at radius 3 is 2.05 bits per heavy atom. The van der Waals surface area contributed by atoms with Crippen LogP contribution >= 0.6 is 0 Å². The molecule has 0 radical (unpaired) electrons. The molecule has 2 aromatic carbocycles. The summed E-state index contributed by atoms with van der Waals surface area (Å²) < 4.78 is 132. The molecule has 15 heteroatoms. The molecule has 2 aromatic rings. The third kappa shape index (κ3) is 7.66. The minimum atomic E-state index is -5.14. The highest BCUT2D eigenvalue weighted by atomic mass is 19.4. The predicted octanol–water partition coefficient (Wildman–Crippen LogP) is 7.46. The highest BCUT2D eigenvalue weighted by Crippen LogP contribution is 2.45. The van der Waals surface area contributed by atoms with E-state index in [1.807, 2.05) is 0 Å². The van der Waals surface area contributed by atoms with Gasteiger partial charge in [-0.25, -0.2) is 4.79 Å². The minimum absolute atomic E-state index is 0.000323. The Bertz CT molecular complexity index is 1290. The van der Waals surface area contributed by atoms with Crippen LogP contribution < -0.4 is 4.90 Å². The molecule has 1 amide bonds. The molecule has 2 atom stereocenters. The Balaban J connectivity index is 1.76. The number of ether oxygens (including phenoxy) is 2. The number of rotatable bonds is 9. The van der Waals surface area contributed by atoms with E-state index in [1.54, 1.807) is 4.90 Å². The second-order valence-corrected chi connectivity index (χ2v) is 10.6. The average Bonchev–Trinajstić information content (AvgIpc) is 3.77. The molecule has 236 valence electrons. The molecule has 0 saturated heterocycles. The molecule has 0 N–H and O–H groups in total. The summed E-state index contributed by atoms with van der Waals surface area (Å²) in [5, 5.41) is 0. The van der Waals surface area contributed by atoms with E-state index in [2.05, 4.69) is 0 Å². The molecule has 1 aliphatic heterocycles. The van der Waals surface area contributed by atoms with E-state index >= 15 is 0 Å². The standard InChI is InChI=1S/C28H27F9N2O4/c1-42-25(41)39(12-16-8-20(27(32,33)34)10-21(9-16)28(35,36)37)24-6-7-38(13-18(14-43-15-40)17-2-3-17)23-5-4-19(11-22(23)24)26(29,30)31/h4-5,8-11,15,17-18,24H,2-3,6-7,12-14H2,1H3. The number of benzene rings is 2. The van der Waals surface area contributed by atoms with Crippen LogP contribution in [0.4, 0.5) is 50.0 Å². The van der Waals surface area contributed by atoms with Gasteiger partial charge in [0.05, 0.1) is 36.4 Å². The lowest BCUT2D eigenvalue weighted by Gasteiger charge is -2.41. The van der Waals surface area contributed by atoms with Crippen molar-refractivity contribution in [3.05, 3.63) is 64.2 Å². The van der Waals surface area contributed by atoms with Crippen LogP contribution in [-0.2, 0) is 39.3 Å². The van der Waals surface area contributed by atoms with Crippen LogP contribution in [-0.4, -0.2) is 44.3 Å². The van der Waals surface area contributed by atoms with E-state index in [-0.39, 0.29) is 43.0 Å². The largest absolute Gasteiger partial charge is 0.468 e. The Hall–Kier alpha value is -3.65. The molecule has 6 nitrogen and oxygen atoms in total. The third-order valence-corrected chi connectivity index (χ3v) is 7.63. The summed E-state index contributed by atoms with van der Waals surface area (Å²) in [6, 6.07) is 2.57. The first-order chi connectivity index (χ1) is 20.0. The van der Waals surface area contributed by atoms with Crippen LogP contribution in [0.1, 0.15) is 53.1 Å². The molecule has 2 aliphatic rings. The fourth-order valence-electron chi connectivity index (χ4n) is 5.43. The number of nitrogens with zero attached hydrogens (tertiary/aromatic N) is 2. The summed E-state index contributed by atoms with van der Waals surface area (Å²) >= 11 is 0. The number of halogens is 9. The van der Waals surface area contributed by atoms with Crippen LogP contribution in [0.15, 0.2) is 36.4 Å². The number of carbonyl (C=O) groups is 2. The minimum Gasteiger partial charge on any atom is -0.468 e. The fourth-order valence-corrected chi connectivity index (χ4v) is 5.43. The van der Waals surface area contributed by atoms with Crippen molar-refractivity contribution in [3.8, 4) is 0 Å². The molecular formula is C28H27F9N2O4. The number of carbonyl (C=O) groups excluding carboxylic acids is 2. The molecule has 1 fully saturated rings. The molecule has 1 aliphatic carbocycles. The van der Waals surface area contributed by atoms with Gasteiger partial charge in [-0.05, 0) is 72.7 Å². The predicted molar refractivity (Wildman–Crippen MR) is 134 cm³/mol. The molecule has 2 unspecified atom stereocenters. The van der Waals surface area contributed by atoms with Crippen molar-refractivity contribution in [1.29, 1.82) is 0 Å². The summed E-state index contributed by atoms with van der Waals surface area (Å²) in [6.07, 6.45) is -14.5. The molecule has 0 bridgehead atoms. The lowest BCUT2D eigenvalue weighted by atomic mass is 9.91. The van der Waals surface area contributed by atoms with Gasteiger partial charge in [0, 0.05) is 31.2 Å². The van der Waals surface area contributed by atoms with Crippen LogP contribution in [0.3, 0.4) is 0 Å². The molecule has 0 spiro atoms. The van der Waals surface area contributed by atoms with E-state index in [1.165, 1.54) is 6.07 Å². The molecule has 0 aromatic heterocycles. The highest BCUT2D eigenvalue weighted by molar-refractivity contribution is 5.70. The lowest BCUT2D eigenvalue weighted by Crippen LogP contribution is -2.43. The first kappa shape index (κ1) is 32.3. The van der Waals surface area contributed by atoms with Crippen molar-refractivity contribution in [3.63, 3.8) is 0 Å². The van der Waals surface area contributed by atoms with Crippen molar-refractivity contribution < 1.29 is 58.6 Å². The van der Waals surface area contributed by atoms with Gasteiger partial charge in [0.1, 0.15) is 0 Å². The number of hydrogen-bond donors (Lipinski definition) is 0. The zero-order valence-corrected chi connectivity index (χ0v) is 22.7. The molecule has 4 rings (SSSR count). The van der Waals surface area contributed by atoms with Crippen LogP contribution in [0.25, 0.3) is 0 Å². The van der Waals surface area contributed by atoms with Gasteiger partial charge in [0.25, 0.3) is 6.47 Å². The van der Waals surface area contributed by atoms with Gasteiger partial charge in [0.15, 0.2) is 0 Å². The zero-order valence-electron chi connectivity index (χ0n) is 22.7. The van der Waals surface area contributed by atoms with Crippen LogP contribution in [0.2, 0.25) is 0 Å². The lowest BCUT2D eigenvalue weighted by molar-refractivity contribution is -0.143. The number of methoxy groups -OCH3 is 1. The van der Waals surface area contributed by atoms with E-state index in [9.17, 15) is 49.1 Å². The number of alkyl halides is 9. The van der Waals surface area contributed by atoms with Gasteiger partial charge in [-0.1, -0.05) is 0 Å². The third-order valence-electron chi connectivity index (χ3n) is 7.63. The first-order valence-corrected chi connectivity index (χ1v) is 13.2. The maximum atomic E-state index is 13.7. The van der Waals surface area contributed by atoms with Crippen LogP contribution in [0, 0.1) is 11.8 Å².